The zero-order valence-corrected chi connectivity index (χ0v) is 11.4. The lowest BCUT2D eigenvalue weighted by Gasteiger charge is -2.08. The van der Waals surface area contributed by atoms with Crippen molar-refractivity contribution in [2.75, 3.05) is 6.54 Å². The number of rotatable bonds is 1. The van der Waals surface area contributed by atoms with Gasteiger partial charge in [-0.05, 0) is 30.3 Å². The molecule has 0 bridgehead atoms. The highest BCUT2D eigenvalue weighted by Crippen LogP contribution is 2.30. The summed E-state index contributed by atoms with van der Waals surface area (Å²) in [6.45, 7) is 0.855. The molecule has 4 rings (SSSR count). The van der Waals surface area contributed by atoms with Gasteiger partial charge in [0.25, 0.3) is 5.91 Å². The molecule has 1 amide bonds. The maximum atomic E-state index is 14.1. The summed E-state index contributed by atoms with van der Waals surface area (Å²) in [5.41, 5.74) is 1.83. The second-order valence-corrected chi connectivity index (χ2v) is 5.14. The van der Waals surface area contributed by atoms with Crippen LogP contribution in [0.5, 0.6) is 0 Å². The molecule has 1 aromatic heterocycles. The first-order valence-electron chi connectivity index (χ1n) is 6.88. The molecule has 2 heterocycles. The second-order valence-electron chi connectivity index (χ2n) is 5.14. The van der Waals surface area contributed by atoms with Gasteiger partial charge in [-0.25, -0.2) is 13.8 Å². The van der Waals surface area contributed by atoms with Crippen LogP contribution < -0.4 is 5.32 Å². The number of para-hydroxylation sites is 1. The molecule has 0 saturated carbocycles. The molecule has 0 atom stereocenters. The summed E-state index contributed by atoms with van der Waals surface area (Å²) < 4.78 is 29.3. The van der Waals surface area contributed by atoms with Gasteiger partial charge in [0, 0.05) is 13.1 Å². The van der Waals surface area contributed by atoms with Gasteiger partial charge in [0.15, 0.2) is 0 Å². The van der Waals surface area contributed by atoms with E-state index in [1.54, 1.807) is 22.8 Å². The number of benzene rings is 2. The fourth-order valence-electron chi connectivity index (χ4n) is 2.84. The summed E-state index contributed by atoms with van der Waals surface area (Å²) in [7, 11) is 0. The molecule has 0 fully saturated rings. The van der Waals surface area contributed by atoms with Crippen molar-refractivity contribution in [3.05, 3.63) is 53.6 Å². The Kier molecular flexibility index (Phi) is 2.72. The third kappa shape index (κ3) is 1.80. The lowest BCUT2D eigenvalue weighted by Crippen LogP contribution is -2.24. The van der Waals surface area contributed by atoms with Gasteiger partial charge < -0.3 is 9.88 Å². The predicted molar refractivity (Wildman–Crippen MR) is 77.4 cm³/mol. The van der Waals surface area contributed by atoms with Crippen LogP contribution in [0.2, 0.25) is 0 Å². The van der Waals surface area contributed by atoms with Crippen LogP contribution >= 0.6 is 0 Å². The van der Waals surface area contributed by atoms with Crippen molar-refractivity contribution in [3.8, 4) is 11.4 Å². The lowest BCUT2D eigenvalue weighted by molar-refractivity contribution is 0.0956. The smallest absolute Gasteiger partial charge is 0.253 e. The molecule has 0 saturated heterocycles. The fourth-order valence-corrected chi connectivity index (χ4v) is 2.84. The third-order valence-electron chi connectivity index (χ3n) is 3.80. The summed E-state index contributed by atoms with van der Waals surface area (Å²) in [5.74, 6) is -0.927. The van der Waals surface area contributed by atoms with Gasteiger partial charge in [-0.15, -0.1) is 0 Å². The Morgan fingerprint density at radius 1 is 1.14 bits per heavy atom. The maximum absolute atomic E-state index is 14.1. The van der Waals surface area contributed by atoms with E-state index >= 15 is 0 Å². The summed E-state index contributed by atoms with van der Waals surface area (Å²) in [4.78, 5) is 16.5. The first-order valence-corrected chi connectivity index (χ1v) is 6.88. The van der Waals surface area contributed by atoms with Crippen molar-refractivity contribution in [3.63, 3.8) is 0 Å². The molecule has 110 valence electrons. The number of carbonyl (C=O) groups is 1. The molecule has 2 aromatic carbocycles. The van der Waals surface area contributed by atoms with Gasteiger partial charge in [0.2, 0.25) is 0 Å². The minimum Gasteiger partial charge on any atom is -0.350 e. The van der Waals surface area contributed by atoms with Crippen LogP contribution in [0.4, 0.5) is 8.78 Å². The number of carbonyl (C=O) groups excluding carboxylic acids is 1. The van der Waals surface area contributed by atoms with Crippen LogP contribution in [-0.4, -0.2) is 22.0 Å². The van der Waals surface area contributed by atoms with E-state index in [1.807, 2.05) is 0 Å². The zero-order valence-electron chi connectivity index (χ0n) is 11.4. The fraction of sp³-hybridized carbons (Fsp3) is 0.125. The van der Waals surface area contributed by atoms with E-state index < -0.39 is 11.6 Å². The van der Waals surface area contributed by atoms with E-state index in [0.717, 1.165) is 18.2 Å². The van der Waals surface area contributed by atoms with Crippen molar-refractivity contribution >= 4 is 16.9 Å². The largest absolute Gasteiger partial charge is 0.350 e. The van der Waals surface area contributed by atoms with E-state index in [9.17, 15) is 13.6 Å². The Balaban J connectivity index is 2.07. The van der Waals surface area contributed by atoms with Gasteiger partial charge in [0.1, 0.15) is 17.5 Å². The predicted octanol–water partition coefficient (Wildman–Crippen LogP) is 2.72. The first-order chi connectivity index (χ1) is 10.6. The van der Waals surface area contributed by atoms with Gasteiger partial charge in [-0.3, -0.25) is 4.79 Å². The molecule has 6 heteroatoms. The van der Waals surface area contributed by atoms with E-state index in [2.05, 4.69) is 10.3 Å². The SMILES string of the molecule is O=C1NCCn2c(-c3cc(F)ccc3F)nc3cccc1c32. The molecule has 3 aromatic rings. The number of nitrogens with one attached hydrogen (secondary N) is 1. The molecular weight excluding hydrogens is 288 g/mol. The Hall–Kier alpha value is -2.76. The number of hydrogen-bond acceptors (Lipinski definition) is 2. The zero-order chi connectivity index (χ0) is 15.3. The van der Waals surface area contributed by atoms with Crippen molar-refractivity contribution in [1.29, 1.82) is 0 Å². The molecule has 0 unspecified atom stereocenters. The highest BCUT2D eigenvalue weighted by molar-refractivity contribution is 6.06. The minimum atomic E-state index is -0.543. The Morgan fingerprint density at radius 2 is 2.00 bits per heavy atom. The van der Waals surface area contributed by atoms with Crippen LogP contribution in [0.1, 0.15) is 10.4 Å². The average molecular weight is 299 g/mol. The lowest BCUT2D eigenvalue weighted by atomic mass is 10.1. The number of hydrogen-bond donors (Lipinski definition) is 1. The molecule has 4 nitrogen and oxygen atoms in total. The second kappa shape index (κ2) is 4.62. The highest BCUT2D eigenvalue weighted by Gasteiger charge is 2.23. The van der Waals surface area contributed by atoms with Crippen LogP contribution in [0.3, 0.4) is 0 Å². The quantitative estimate of drug-likeness (QED) is 0.751. The van der Waals surface area contributed by atoms with Crippen LogP contribution in [0.25, 0.3) is 22.4 Å². The van der Waals surface area contributed by atoms with E-state index in [4.69, 9.17) is 0 Å². The summed E-state index contributed by atoms with van der Waals surface area (Å²) in [6.07, 6.45) is 0. The van der Waals surface area contributed by atoms with Gasteiger partial charge >= 0.3 is 0 Å². The Morgan fingerprint density at radius 3 is 2.86 bits per heavy atom. The van der Waals surface area contributed by atoms with Crippen molar-refractivity contribution in [1.82, 2.24) is 14.9 Å². The summed E-state index contributed by atoms with van der Waals surface area (Å²) in [5, 5.41) is 2.79. The van der Waals surface area contributed by atoms with E-state index in [1.165, 1.54) is 0 Å². The number of aromatic nitrogens is 2. The first kappa shape index (κ1) is 12.9. The van der Waals surface area contributed by atoms with Crippen LogP contribution in [0, 0.1) is 11.6 Å². The van der Waals surface area contributed by atoms with Crippen LogP contribution in [0.15, 0.2) is 36.4 Å². The third-order valence-corrected chi connectivity index (χ3v) is 3.80. The molecule has 1 aliphatic rings. The number of amides is 1. The van der Waals surface area contributed by atoms with E-state index in [-0.39, 0.29) is 11.5 Å². The molecule has 0 radical (unpaired) electrons. The molecule has 0 spiro atoms. The Bertz CT molecular complexity index is 917. The number of halogens is 2. The van der Waals surface area contributed by atoms with Crippen molar-refractivity contribution in [2.45, 2.75) is 6.54 Å². The number of nitrogens with zero attached hydrogens (tertiary/aromatic N) is 2. The summed E-state index contributed by atoms with van der Waals surface area (Å²) >= 11 is 0. The standard InChI is InChI=1S/C16H11F2N3O/c17-9-4-5-12(18)11(8-9)15-20-13-3-1-2-10-14(13)21(15)7-6-19-16(10)22/h1-5,8H,6-7H2,(H,19,22). The molecule has 22 heavy (non-hydrogen) atoms. The molecule has 0 aliphatic carbocycles. The van der Waals surface area contributed by atoms with Gasteiger partial charge in [0.05, 0.1) is 22.2 Å². The van der Waals surface area contributed by atoms with Crippen molar-refractivity contribution in [2.24, 2.45) is 0 Å². The minimum absolute atomic E-state index is 0.0940. The Labute approximate surface area is 124 Å². The maximum Gasteiger partial charge on any atom is 0.253 e. The summed E-state index contributed by atoms with van der Waals surface area (Å²) in [6, 6.07) is 8.46. The van der Waals surface area contributed by atoms with Crippen molar-refractivity contribution < 1.29 is 13.6 Å². The number of imidazole rings is 1. The molecular formula is C16H11F2N3O. The topological polar surface area (TPSA) is 46.9 Å². The normalized spacial score (nSPS) is 14.0. The molecule has 1 aliphatic heterocycles. The van der Waals surface area contributed by atoms with Gasteiger partial charge in [-0.2, -0.15) is 0 Å². The molecule has 1 N–H and O–H groups in total. The monoisotopic (exact) mass is 299 g/mol. The highest BCUT2D eigenvalue weighted by atomic mass is 19.1. The average Bonchev–Trinajstić information content (AvgIpc) is 2.79. The van der Waals surface area contributed by atoms with Gasteiger partial charge in [-0.1, -0.05) is 6.07 Å². The van der Waals surface area contributed by atoms with Crippen LogP contribution in [-0.2, 0) is 6.54 Å². The van der Waals surface area contributed by atoms with E-state index in [0.29, 0.717) is 35.5 Å².